The Bertz CT molecular complexity index is 1350. The summed E-state index contributed by atoms with van der Waals surface area (Å²) in [5, 5.41) is 0. The van der Waals surface area contributed by atoms with Crippen molar-refractivity contribution in [2.75, 3.05) is 52.4 Å². The molecule has 0 aromatic carbocycles. The monoisotopic (exact) mass is 1130 g/mol. The highest BCUT2D eigenvalue weighted by molar-refractivity contribution is 5.94. The Kier molecular flexibility index (Phi) is 60.4. The molecule has 0 atom stereocenters. The molecule has 5 nitrogen and oxygen atoms in total. The zero-order chi connectivity index (χ0) is 58.4. The fraction of sp³-hybridized carbons (Fsp3) is 0.921. The molecule has 0 unspecified atom stereocenters. The standard InChI is InChI=1S/C76H147N3O2/c1-6-11-16-21-26-31-36-38-43-48-53-59-73(58-52-47-42-37-32-27-22-17-12-7-2)61-62-76(81)79(67-56-51-46-41-35-30-25-20-15-10-5)72-75(80)71-74-60-57-66-78(68-63-74)70-69-77(64-54-49-44-39-33-28-23-18-13-8-3)65-55-50-45-40-34-29-24-19-14-9-4/h59,71H,6-58,60-70,72H2,1-5H3/b73-59+,74-71-. The lowest BCUT2D eigenvalue weighted by Crippen LogP contribution is -2.37. The minimum absolute atomic E-state index is 0.153. The van der Waals surface area contributed by atoms with Crippen LogP contribution in [0.2, 0.25) is 0 Å². The molecule has 1 saturated heterocycles. The molecule has 1 heterocycles. The van der Waals surface area contributed by atoms with Crippen molar-refractivity contribution >= 4 is 11.7 Å². The third-order valence-corrected chi connectivity index (χ3v) is 18.5. The lowest BCUT2D eigenvalue weighted by Gasteiger charge is -2.27. The van der Waals surface area contributed by atoms with Gasteiger partial charge in [-0.3, -0.25) is 9.59 Å². The van der Waals surface area contributed by atoms with Crippen molar-refractivity contribution in [3.63, 3.8) is 0 Å². The normalized spacial score (nSPS) is 14.0. The number of amides is 1. The number of ketones is 1. The lowest BCUT2D eigenvalue weighted by molar-refractivity contribution is -0.134. The Morgan fingerprint density at radius 2 is 0.728 bits per heavy atom. The molecule has 1 amide bonds. The minimum Gasteiger partial charge on any atom is -0.335 e. The quantitative estimate of drug-likeness (QED) is 0.0346. The fourth-order valence-electron chi connectivity index (χ4n) is 12.8. The van der Waals surface area contributed by atoms with Crippen LogP contribution in [0, 0.1) is 0 Å². The highest BCUT2D eigenvalue weighted by Crippen LogP contribution is 2.23. The average Bonchev–Trinajstić information content (AvgIpc) is 3.72. The van der Waals surface area contributed by atoms with E-state index >= 15 is 0 Å². The van der Waals surface area contributed by atoms with Gasteiger partial charge in [0.15, 0.2) is 5.78 Å². The SMILES string of the molecule is CCCCCCCCCCCC/C=C(\CCCCCCCCCCCC)CCC(=O)N(CCCCCCCCCCCC)CC(=O)/C=C1/CCCN(CCN(CCCCCCCCCCCC)CCCCCCCCCCCC)CC1. The van der Waals surface area contributed by atoms with Crippen molar-refractivity contribution in [3.05, 3.63) is 23.3 Å². The van der Waals surface area contributed by atoms with Crippen molar-refractivity contribution in [1.82, 2.24) is 14.7 Å². The first kappa shape index (κ1) is 77.6. The van der Waals surface area contributed by atoms with Gasteiger partial charge in [-0.1, -0.05) is 341 Å². The van der Waals surface area contributed by atoms with Gasteiger partial charge in [0.2, 0.25) is 5.91 Å². The summed E-state index contributed by atoms with van der Waals surface area (Å²) >= 11 is 0. The molecular formula is C76H147N3O2. The first-order chi connectivity index (χ1) is 40.0. The van der Waals surface area contributed by atoms with Crippen molar-refractivity contribution in [2.45, 2.75) is 401 Å². The smallest absolute Gasteiger partial charge is 0.223 e. The maximum absolute atomic E-state index is 14.3. The molecule has 1 fully saturated rings. The third-order valence-electron chi connectivity index (χ3n) is 18.5. The largest absolute Gasteiger partial charge is 0.335 e. The number of likely N-dealkylation sites (tertiary alicyclic amines) is 1. The zero-order valence-corrected chi connectivity index (χ0v) is 56.3. The summed E-state index contributed by atoms with van der Waals surface area (Å²) in [4.78, 5) is 35.9. The molecular weight excluding hydrogens is 987 g/mol. The molecule has 0 aliphatic carbocycles. The molecule has 5 heteroatoms. The van der Waals surface area contributed by atoms with E-state index in [1.54, 1.807) is 0 Å². The van der Waals surface area contributed by atoms with Crippen molar-refractivity contribution in [3.8, 4) is 0 Å². The van der Waals surface area contributed by atoms with Gasteiger partial charge in [-0.05, 0) is 96.3 Å². The van der Waals surface area contributed by atoms with Gasteiger partial charge in [-0.15, -0.1) is 0 Å². The van der Waals surface area contributed by atoms with E-state index in [1.807, 2.05) is 11.0 Å². The van der Waals surface area contributed by atoms with E-state index in [1.165, 1.54) is 339 Å². The second-order valence-corrected chi connectivity index (χ2v) is 26.4. The summed E-state index contributed by atoms with van der Waals surface area (Å²) in [5.74, 6) is 0.359. The van der Waals surface area contributed by atoms with Crippen molar-refractivity contribution in [1.29, 1.82) is 0 Å². The molecule has 0 spiro atoms. The molecule has 0 radical (unpaired) electrons. The van der Waals surface area contributed by atoms with Crippen LogP contribution in [0.3, 0.4) is 0 Å². The number of carbonyl (C=O) groups is 2. The maximum Gasteiger partial charge on any atom is 0.223 e. The molecule has 0 aromatic heterocycles. The van der Waals surface area contributed by atoms with E-state index in [4.69, 9.17) is 0 Å². The average molecular weight is 1140 g/mol. The Labute approximate surface area is 509 Å². The topological polar surface area (TPSA) is 43.9 Å². The van der Waals surface area contributed by atoms with E-state index in [2.05, 4.69) is 50.5 Å². The molecule has 0 N–H and O–H groups in total. The highest BCUT2D eigenvalue weighted by atomic mass is 16.2. The summed E-state index contributed by atoms with van der Waals surface area (Å²) in [6.07, 6.45) is 79.5. The van der Waals surface area contributed by atoms with Crippen molar-refractivity contribution in [2.24, 2.45) is 0 Å². The Hall–Kier alpha value is -1.46. The number of nitrogens with zero attached hydrogens (tertiary/aromatic N) is 3. The van der Waals surface area contributed by atoms with Crippen LogP contribution >= 0.6 is 0 Å². The summed E-state index contributed by atoms with van der Waals surface area (Å²) in [6.45, 7) is 19.5. The molecule has 478 valence electrons. The molecule has 81 heavy (non-hydrogen) atoms. The number of unbranched alkanes of at least 4 members (excludes halogenated alkanes) is 46. The van der Waals surface area contributed by atoms with E-state index < -0.39 is 0 Å². The number of hydrogen-bond donors (Lipinski definition) is 0. The van der Waals surface area contributed by atoms with Crippen LogP contribution in [0.5, 0.6) is 0 Å². The van der Waals surface area contributed by atoms with Crippen LogP contribution in [0.15, 0.2) is 23.3 Å². The maximum atomic E-state index is 14.3. The fourth-order valence-corrected chi connectivity index (χ4v) is 12.8. The zero-order valence-electron chi connectivity index (χ0n) is 56.3. The van der Waals surface area contributed by atoms with Crippen LogP contribution in [-0.2, 0) is 9.59 Å². The predicted octanol–water partition coefficient (Wildman–Crippen LogP) is 24.2. The van der Waals surface area contributed by atoms with Crippen LogP contribution in [0.4, 0.5) is 0 Å². The Morgan fingerprint density at radius 1 is 0.370 bits per heavy atom. The Morgan fingerprint density at radius 3 is 1.14 bits per heavy atom. The molecule has 1 aliphatic heterocycles. The molecule has 0 saturated carbocycles. The molecule has 0 aromatic rings. The first-order valence-corrected chi connectivity index (χ1v) is 37.6. The summed E-state index contributed by atoms with van der Waals surface area (Å²) < 4.78 is 0. The van der Waals surface area contributed by atoms with Crippen LogP contribution in [0.1, 0.15) is 401 Å². The van der Waals surface area contributed by atoms with Crippen molar-refractivity contribution < 1.29 is 9.59 Å². The van der Waals surface area contributed by atoms with Gasteiger partial charge < -0.3 is 14.7 Å². The van der Waals surface area contributed by atoms with Gasteiger partial charge >= 0.3 is 0 Å². The third kappa shape index (κ3) is 53.7. The summed E-state index contributed by atoms with van der Waals surface area (Å²) in [7, 11) is 0. The highest BCUT2D eigenvalue weighted by Gasteiger charge is 2.19. The number of allylic oxidation sites excluding steroid dienone is 2. The van der Waals surface area contributed by atoms with Gasteiger partial charge in [0, 0.05) is 32.6 Å². The van der Waals surface area contributed by atoms with Gasteiger partial charge in [0.1, 0.15) is 0 Å². The molecule has 1 rings (SSSR count). The number of carbonyl (C=O) groups excluding carboxylic acids is 2. The molecule has 0 bridgehead atoms. The van der Waals surface area contributed by atoms with Gasteiger partial charge in [-0.25, -0.2) is 0 Å². The van der Waals surface area contributed by atoms with E-state index in [9.17, 15) is 9.59 Å². The minimum atomic E-state index is 0.153. The van der Waals surface area contributed by atoms with Gasteiger partial charge in [-0.2, -0.15) is 0 Å². The lowest BCUT2D eigenvalue weighted by atomic mass is 9.98. The Balaban J connectivity index is 2.91. The van der Waals surface area contributed by atoms with E-state index in [0.717, 1.165) is 77.5 Å². The second-order valence-electron chi connectivity index (χ2n) is 26.4. The first-order valence-electron chi connectivity index (χ1n) is 37.6. The van der Waals surface area contributed by atoms with Crippen LogP contribution in [-0.4, -0.2) is 78.7 Å². The molecule has 1 aliphatic rings. The van der Waals surface area contributed by atoms with Crippen LogP contribution < -0.4 is 0 Å². The second kappa shape index (κ2) is 63.1. The van der Waals surface area contributed by atoms with E-state index in [-0.39, 0.29) is 18.2 Å². The number of hydrogen-bond acceptors (Lipinski definition) is 4. The van der Waals surface area contributed by atoms with E-state index in [0.29, 0.717) is 6.42 Å². The summed E-state index contributed by atoms with van der Waals surface area (Å²) in [6, 6.07) is 0. The van der Waals surface area contributed by atoms with Crippen LogP contribution in [0.25, 0.3) is 0 Å². The number of rotatable bonds is 64. The van der Waals surface area contributed by atoms with Gasteiger partial charge in [0.25, 0.3) is 0 Å². The summed E-state index contributed by atoms with van der Waals surface area (Å²) in [5.41, 5.74) is 2.82. The van der Waals surface area contributed by atoms with Gasteiger partial charge in [0.05, 0.1) is 6.54 Å². The predicted molar refractivity (Wildman–Crippen MR) is 362 cm³/mol.